The van der Waals surface area contributed by atoms with E-state index in [1.165, 1.54) is 5.69 Å². The molecule has 2 heterocycles. The van der Waals surface area contributed by atoms with E-state index in [1.807, 2.05) is 12.3 Å². The molecule has 0 aromatic carbocycles. The summed E-state index contributed by atoms with van der Waals surface area (Å²) in [6.07, 6.45) is 2.93. The number of hydrogen-bond acceptors (Lipinski definition) is 3. The van der Waals surface area contributed by atoms with Gasteiger partial charge in [-0.15, -0.1) is 0 Å². The second-order valence-electron chi connectivity index (χ2n) is 4.67. The van der Waals surface area contributed by atoms with Crippen LogP contribution in [0.2, 0.25) is 0 Å². The summed E-state index contributed by atoms with van der Waals surface area (Å²) in [4.78, 5) is 5.69. The highest BCUT2D eigenvalue weighted by molar-refractivity contribution is 5.09. The molecular weight excluding hydrogens is 202 g/mol. The first kappa shape index (κ1) is 11.6. The smallest absolute Gasteiger partial charge is 0.0594 e. The Bertz CT molecular complexity index is 306. The maximum atomic E-state index is 5.96. The zero-order valence-corrected chi connectivity index (χ0v) is 9.91. The van der Waals surface area contributed by atoms with Crippen molar-refractivity contribution in [3.63, 3.8) is 0 Å². The average molecular weight is 223 g/mol. The van der Waals surface area contributed by atoms with Crippen LogP contribution in [0, 0.1) is 0 Å². The van der Waals surface area contributed by atoms with Gasteiger partial charge in [0.2, 0.25) is 0 Å². The van der Waals surface area contributed by atoms with Crippen LogP contribution in [0.3, 0.4) is 0 Å². The number of nitrogens with zero attached hydrogens (tertiary/aromatic N) is 1. The summed E-state index contributed by atoms with van der Waals surface area (Å²) in [5.41, 5.74) is 7.24. The Balaban J connectivity index is 2.05. The number of aromatic amines is 1. The predicted molar refractivity (Wildman–Crippen MR) is 64.3 cm³/mol. The van der Waals surface area contributed by atoms with Gasteiger partial charge in [-0.2, -0.15) is 0 Å². The normalized spacial score (nSPS) is 21.9. The number of nitrogens with two attached hydrogens (primary N) is 1. The minimum atomic E-state index is 0.0363. The molecule has 90 valence electrons. The average Bonchev–Trinajstić information content (AvgIpc) is 2.83. The second-order valence-corrected chi connectivity index (χ2v) is 4.67. The molecule has 2 rings (SSSR count). The van der Waals surface area contributed by atoms with Gasteiger partial charge in [0.1, 0.15) is 0 Å². The molecule has 0 saturated carbocycles. The molecule has 4 heteroatoms. The van der Waals surface area contributed by atoms with E-state index >= 15 is 0 Å². The highest BCUT2D eigenvalue weighted by atomic mass is 16.5. The van der Waals surface area contributed by atoms with E-state index in [9.17, 15) is 0 Å². The number of nitrogens with one attached hydrogen (secondary N) is 1. The fourth-order valence-corrected chi connectivity index (χ4v) is 2.30. The summed E-state index contributed by atoms with van der Waals surface area (Å²) < 4.78 is 5.38. The quantitative estimate of drug-likeness (QED) is 0.786. The van der Waals surface area contributed by atoms with Crippen molar-refractivity contribution in [2.45, 2.75) is 18.9 Å². The van der Waals surface area contributed by atoms with Gasteiger partial charge in [-0.1, -0.05) is 0 Å². The van der Waals surface area contributed by atoms with Gasteiger partial charge >= 0.3 is 0 Å². The molecule has 1 saturated heterocycles. The van der Waals surface area contributed by atoms with E-state index in [-0.39, 0.29) is 5.54 Å². The Hall–Kier alpha value is -0.840. The SMILES string of the molecule is CC(CN)(Cc1ccc[nH]1)N1CCOCC1. The van der Waals surface area contributed by atoms with E-state index in [0.717, 1.165) is 32.7 Å². The molecule has 1 aromatic heterocycles. The van der Waals surface area contributed by atoms with E-state index in [2.05, 4.69) is 22.9 Å². The summed E-state index contributed by atoms with van der Waals surface area (Å²) in [6.45, 7) is 6.51. The van der Waals surface area contributed by atoms with Gasteiger partial charge in [-0.05, 0) is 19.1 Å². The lowest BCUT2D eigenvalue weighted by molar-refractivity contribution is -0.0134. The van der Waals surface area contributed by atoms with Crippen LogP contribution >= 0.6 is 0 Å². The molecule has 0 amide bonds. The van der Waals surface area contributed by atoms with Gasteiger partial charge in [0.05, 0.1) is 13.2 Å². The van der Waals surface area contributed by atoms with Crippen molar-refractivity contribution in [3.8, 4) is 0 Å². The molecule has 1 fully saturated rings. The van der Waals surface area contributed by atoms with Gasteiger partial charge in [-0.25, -0.2) is 0 Å². The minimum absolute atomic E-state index is 0.0363. The van der Waals surface area contributed by atoms with Crippen LogP contribution in [-0.4, -0.2) is 48.3 Å². The third kappa shape index (κ3) is 2.45. The third-order valence-corrected chi connectivity index (χ3v) is 3.45. The second kappa shape index (κ2) is 4.99. The lowest BCUT2D eigenvalue weighted by Crippen LogP contribution is -2.57. The first-order valence-corrected chi connectivity index (χ1v) is 5.90. The summed E-state index contributed by atoms with van der Waals surface area (Å²) in [7, 11) is 0. The fraction of sp³-hybridized carbons (Fsp3) is 0.667. The largest absolute Gasteiger partial charge is 0.379 e. The molecule has 1 aromatic rings. The van der Waals surface area contributed by atoms with Crippen LogP contribution in [0.1, 0.15) is 12.6 Å². The van der Waals surface area contributed by atoms with Crippen LogP contribution in [0.5, 0.6) is 0 Å². The molecule has 0 bridgehead atoms. The number of rotatable bonds is 4. The van der Waals surface area contributed by atoms with E-state index in [1.54, 1.807) is 0 Å². The van der Waals surface area contributed by atoms with Crippen LogP contribution in [-0.2, 0) is 11.2 Å². The van der Waals surface area contributed by atoms with Crippen LogP contribution in [0.15, 0.2) is 18.3 Å². The van der Waals surface area contributed by atoms with Crippen molar-refractivity contribution in [1.29, 1.82) is 0 Å². The summed E-state index contributed by atoms with van der Waals surface area (Å²) in [6, 6.07) is 4.15. The van der Waals surface area contributed by atoms with Gasteiger partial charge < -0.3 is 15.5 Å². The number of H-pyrrole nitrogens is 1. The molecule has 0 spiro atoms. The Kier molecular flexibility index (Phi) is 3.63. The minimum Gasteiger partial charge on any atom is -0.379 e. The van der Waals surface area contributed by atoms with Crippen molar-refractivity contribution >= 4 is 0 Å². The third-order valence-electron chi connectivity index (χ3n) is 3.45. The lowest BCUT2D eigenvalue weighted by Gasteiger charge is -2.42. The lowest BCUT2D eigenvalue weighted by atomic mass is 9.93. The maximum absolute atomic E-state index is 5.96. The first-order valence-electron chi connectivity index (χ1n) is 5.90. The van der Waals surface area contributed by atoms with E-state index in [0.29, 0.717) is 6.54 Å². The Morgan fingerprint density at radius 2 is 2.25 bits per heavy atom. The van der Waals surface area contributed by atoms with E-state index in [4.69, 9.17) is 10.5 Å². The Morgan fingerprint density at radius 3 is 2.81 bits per heavy atom. The van der Waals surface area contributed by atoms with E-state index < -0.39 is 0 Å². The van der Waals surface area contributed by atoms with Crippen molar-refractivity contribution in [2.75, 3.05) is 32.8 Å². The van der Waals surface area contributed by atoms with Crippen LogP contribution < -0.4 is 5.73 Å². The molecule has 1 aliphatic rings. The number of ether oxygens (including phenoxy) is 1. The van der Waals surface area contributed by atoms with Gasteiger partial charge in [-0.3, -0.25) is 4.90 Å². The van der Waals surface area contributed by atoms with Gasteiger partial charge in [0, 0.05) is 43.5 Å². The number of aromatic nitrogens is 1. The van der Waals surface area contributed by atoms with Gasteiger partial charge in [0.25, 0.3) is 0 Å². The van der Waals surface area contributed by atoms with Crippen molar-refractivity contribution in [2.24, 2.45) is 5.73 Å². The molecule has 16 heavy (non-hydrogen) atoms. The topological polar surface area (TPSA) is 54.3 Å². The zero-order valence-electron chi connectivity index (χ0n) is 9.91. The highest BCUT2D eigenvalue weighted by Gasteiger charge is 2.32. The first-order chi connectivity index (χ1) is 7.74. The summed E-state index contributed by atoms with van der Waals surface area (Å²) in [5.74, 6) is 0. The standard InChI is InChI=1S/C12H21N3O/c1-12(10-13,9-11-3-2-4-14-11)15-5-7-16-8-6-15/h2-4,14H,5-10,13H2,1H3. The molecular formula is C12H21N3O. The molecule has 1 unspecified atom stereocenters. The molecule has 3 N–H and O–H groups in total. The maximum Gasteiger partial charge on any atom is 0.0594 e. The molecule has 0 aliphatic carbocycles. The molecule has 0 radical (unpaired) electrons. The Morgan fingerprint density at radius 1 is 1.50 bits per heavy atom. The summed E-state index contributed by atoms with van der Waals surface area (Å²) in [5, 5.41) is 0. The Labute approximate surface area is 96.8 Å². The predicted octanol–water partition coefficient (Wildman–Crippen LogP) is 0.607. The molecule has 4 nitrogen and oxygen atoms in total. The summed E-state index contributed by atoms with van der Waals surface area (Å²) >= 11 is 0. The molecule has 1 aliphatic heterocycles. The number of hydrogen-bond donors (Lipinski definition) is 2. The van der Waals surface area contributed by atoms with Crippen molar-refractivity contribution in [1.82, 2.24) is 9.88 Å². The van der Waals surface area contributed by atoms with Crippen LogP contribution in [0.4, 0.5) is 0 Å². The zero-order chi connectivity index (χ0) is 11.4. The highest BCUT2D eigenvalue weighted by Crippen LogP contribution is 2.20. The van der Waals surface area contributed by atoms with Crippen molar-refractivity contribution < 1.29 is 4.74 Å². The fourth-order valence-electron chi connectivity index (χ4n) is 2.30. The van der Waals surface area contributed by atoms with Gasteiger partial charge in [0.15, 0.2) is 0 Å². The molecule has 1 atom stereocenters. The monoisotopic (exact) mass is 223 g/mol. The van der Waals surface area contributed by atoms with Crippen LogP contribution in [0.25, 0.3) is 0 Å². The number of morpholine rings is 1. The van der Waals surface area contributed by atoms with Crippen molar-refractivity contribution in [3.05, 3.63) is 24.0 Å².